The fourth-order valence-electron chi connectivity index (χ4n) is 2.08. The summed E-state index contributed by atoms with van der Waals surface area (Å²) >= 11 is 1.58. The van der Waals surface area contributed by atoms with Gasteiger partial charge in [0.2, 0.25) is 0 Å². The van der Waals surface area contributed by atoms with E-state index in [1.165, 1.54) is 5.56 Å². The zero-order valence-corrected chi connectivity index (χ0v) is 12.3. The Morgan fingerprint density at radius 2 is 1.95 bits per heavy atom. The third-order valence-corrected chi connectivity index (χ3v) is 4.28. The highest BCUT2D eigenvalue weighted by atomic mass is 32.1. The molecule has 0 radical (unpaired) electrons. The number of nitrogens with zero attached hydrogens (tertiary/aromatic N) is 1. The summed E-state index contributed by atoms with van der Waals surface area (Å²) in [5.41, 5.74) is 2.16. The third-order valence-electron chi connectivity index (χ3n) is 3.11. The fourth-order valence-corrected chi connectivity index (χ4v) is 3.03. The smallest absolute Gasteiger partial charge is 0.118 e. The number of aliphatic hydroxyl groups is 1. The van der Waals surface area contributed by atoms with Crippen molar-refractivity contribution < 1.29 is 9.84 Å². The molecule has 0 spiro atoms. The van der Waals surface area contributed by atoms with E-state index in [-0.39, 0.29) is 0 Å². The van der Waals surface area contributed by atoms with Gasteiger partial charge in [0.05, 0.1) is 28.8 Å². The van der Waals surface area contributed by atoms with Crippen molar-refractivity contribution >= 4 is 11.3 Å². The zero-order valence-electron chi connectivity index (χ0n) is 11.5. The monoisotopic (exact) mass is 277 g/mol. The molecule has 0 aliphatic carbocycles. The second-order valence-corrected chi connectivity index (χ2v) is 5.82. The van der Waals surface area contributed by atoms with Crippen molar-refractivity contribution in [2.24, 2.45) is 0 Å². The standard InChI is InChI=1S/C15H19NO2S/c1-10-15(19-11(2)16-10)14(17)9-6-12-4-7-13(18-3)8-5-12/h4-5,7-8,14,17H,6,9H2,1-3H3. The number of thiazole rings is 1. The van der Waals surface area contributed by atoms with Crippen LogP contribution in [0.1, 0.15) is 33.7 Å². The van der Waals surface area contributed by atoms with Gasteiger partial charge in [-0.15, -0.1) is 11.3 Å². The number of aromatic nitrogens is 1. The Bertz CT molecular complexity index is 534. The zero-order chi connectivity index (χ0) is 13.8. The first kappa shape index (κ1) is 14.0. The molecule has 0 aliphatic heterocycles. The Morgan fingerprint density at radius 3 is 2.47 bits per heavy atom. The van der Waals surface area contributed by atoms with Gasteiger partial charge < -0.3 is 9.84 Å². The summed E-state index contributed by atoms with van der Waals surface area (Å²) < 4.78 is 5.13. The molecule has 1 N–H and O–H groups in total. The second-order valence-electron chi connectivity index (χ2n) is 4.59. The fraction of sp³-hybridized carbons (Fsp3) is 0.400. The molecule has 1 unspecified atom stereocenters. The topological polar surface area (TPSA) is 42.4 Å². The van der Waals surface area contributed by atoms with E-state index < -0.39 is 6.10 Å². The van der Waals surface area contributed by atoms with Gasteiger partial charge in [-0.25, -0.2) is 4.98 Å². The molecular weight excluding hydrogens is 258 g/mol. The quantitative estimate of drug-likeness (QED) is 0.910. The van der Waals surface area contributed by atoms with Gasteiger partial charge >= 0.3 is 0 Å². The molecule has 0 aliphatic rings. The number of ether oxygens (including phenoxy) is 1. The maximum absolute atomic E-state index is 10.2. The van der Waals surface area contributed by atoms with Gasteiger partial charge in [0, 0.05) is 0 Å². The summed E-state index contributed by atoms with van der Waals surface area (Å²) in [5, 5.41) is 11.2. The van der Waals surface area contributed by atoms with E-state index in [0.29, 0.717) is 0 Å². The molecule has 2 aromatic rings. The Morgan fingerprint density at radius 1 is 1.26 bits per heavy atom. The van der Waals surface area contributed by atoms with Crippen LogP contribution in [0.2, 0.25) is 0 Å². The molecular formula is C15H19NO2S. The van der Waals surface area contributed by atoms with Crippen LogP contribution in [-0.4, -0.2) is 17.2 Å². The van der Waals surface area contributed by atoms with E-state index in [1.54, 1.807) is 18.4 Å². The molecule has 1 aromatic carbocycles. The lowest BCUT2D eigenvalue weighted by Crippen LogP contribution is -1.99. The number of methoxy groups -OCH3 is 1. The Kier molecular flexibility index (Phi) is 4.56. The molecule has 2 rings (SSSR count). The van der Waals surface area contributed by atoms with E-state index in [0.717, 1.165) is 34.2 Å². The molecule has 0 fully saturated rings. The van der Waals surface area contributed by atoms with Crippen molar-refractivity contribution in [1.82, 2.24) is 4.98 Å². The summed E-state index contributed by atoms with van der Waals surface area (Å²) in [4.78, 5) is 5.34. The highest BCUT2D eigenvalue weighted by molar-refractivity contribution is 7.11. The maximum Gasteiger partial charge on any atom is 0.118 e. The summed E-state index contributed by atoms with van der Waals surface area (Å²) in [6.07, 6.45) is 1.14. The van der Waals surface area contributed by atoms with Crippen molar-refractivity contribution in [3.05, 3.63) is 45.4 Å². The van der Waals surface area contributed by atoms with Crippen LogP contribution in [0, 0.1) is 13.8 Å². The van der Waals surface area contributed by atoms with Gasteiger partial charge in [-0.2, -0.15) is 0 Å². The van der Waals surface area contributed by atoms with Gasteiger partial charge in [0.1, 0.15) is 5.75 Å². The van der Waals surface area contributed by atoms with Crippen LogP contribution in [0.3, 0.4) is 0 Å². The van der Waals surface area contributed by atoms with Crippen LogP contribution in [0.25, 0.3) is 0 Å². The molecule has 0 saturated heterocycles. The molecule has 1 atom stereocenters. The minimum atomic E-state index is -0.423. The third kappa shape index (κ3) is 3.55. The van der Waals surface area contributed by atoms with Crippen LogP contribution < -0.4 is 4.74 Å². The number of hydrogen-bond acceptors (Lipinski definition) is 4. The maximum atomic E-state index is 10.2. The lowest BCUT2D eigenvalue weighted by atomic mass is 10.1. The normalized spacial score (nSPS) is 12.4. The highest BCUT2D eigenvalue weighted by Crippen LogP contribution is 2.28. The predicted molar refractivity (Wildman–Crippen MR) is 77.9 cm³/mol. The molecule has 4 heteroatoms. The largest absolute Gasteiger partial charge is 0.497 e. The van der Waals surface area contributed by atoms with Gasteiger partial charge in [-0.3, -0.25) is 0 Å². The van der Waals surface area contributed by atoms with Gasteiger partial charge in [-0.1, -0.05) is 12.1 Å². The first-order valence-electron chi connectivity index (χ1n) is 6.35. The number of rotatable bonds is 5. The van der Waals surface area contributed by atoms with Crippen molar-refractivity contribution in [1.29, 1.82) is 0 Å². The minimum absolute atomic E-state index is 0.423. The summed E-state index contributed by atoms with van der Waals surface area (Å²) in [6, 6.07) is 7.97. The van der Waals surface area contributed by atoms with Crippen LogP contribution in [0.4, 0.5) is 0 Å². The van der Waals surface area contributed by atoms with Gasteiger partial charge in [0.25, 0.3) is 0 Å². The Labute approximate surface area is 117 Å². The lowest BCUT2D eigenvalue weighted by Gasteiger charge is -2.09. The van der Waals surface area contributed by atoms with E-state index in [1.807, 2.05) is 38.1 Å². The highest BCUT2D eigenvalue weighted by Gasteiger charge is 2.14. The molecule has 1 heterocycles. The average molecular weight is 277 g/mol. The molecule has 3 nitrogen and oxygen atoms in total. The van der Waals surface area contributed by atoms with Crippen molar-refractivity contribution in [3.63, 3.8) is 0 Å². The van der Waals surface area contributed by atoms with Crippen molar-refractivity contribution in [2.45, 2.75) is 32.8 Å². The SMILES string of the molecule is COc1ccc(CCC(O)c2sc(C)nc2C)cc1. The summed E-state index contributed by atoms with van der Waals surface area (Å²) in [7, 11) is 1.66. The van der Waals surface area contributed by atoms with Crippen molar-refractivity contribution in [2.75, 3.05) is 7.11 Å². The van der Waals surface area contributed by atoms with Gasteiger partial charge in [-0.05, 0) is 44.4 Å². The van der Waals surface area contributed by atoms with Crippen LogP contribution in [0.5, 0.6) is 5.75 Å². The summed E-state index contributed by atoms with van der Waals surface area (Å²) in [6.45, 7) is 3.92. The minimum Gasteiger partial charge on any atom is -0.497 e. The number of aryl methyl sites for hydroxylation is 3. The molecule has 1 aromatic heterocycles. The first-order valence-corrected chi connectivity index (χ1v) is 7.16. The predicted octanol–water partition coefficient (Wildman–Crippen LogP) is 3.43. The Balaban J connectivity index is 1.96. The van der Waals surface area contributed by atoms with Crippen molar-refractivity contribution in [3.8, 4) is 5.75 Å². The number of hydrogen-bond donors (Lipinski definition) is 1. The molecule has 0 bridgehead atoms. The molecule has 102 valence electrons. The average Bonchev–Trinajstić information content (AvgIpc) is 2.75. The van der Waals surface area contributed by atoms with E-state index >= 15 is 0 Å². The first-order chi connectivity index (χ1) is 9.10. The lowest BCUT2D eigenvalue weighted by molar-refractivity contribution is 0.170. The summed E-state index contributed by atoms with van der Waals surface area (Å²) in [5.74, 6) is 0.859. The molecule has 0 amide bonds. The van der Waals surface area contributed by atoms with E-state index in [4.69, 9.17) is 4.74 Å². The Hall–Kier alpha value is -1.39. The molecule has 0 saturated carbocycles. The second kappa shape index (κ2) is 6.17. The number of aliphatic hydroxyl groups excluding tert-OH is 1. The van der Waals surface area contributed by atoms with E-state index in [2.05, 4.69) is 4.98 Å². The van der Waals surface area contributed by atoms with Crippen LogP contribution in [-0.2, 0) is 6.42 Å². The van der Waals surface area contributed by atoms with Crippen LogP contribution >= 0.6 is 11.3 Å². The molecule has 19 heavy (non-hydrogen) atoms. The van der Waals surface area contributed by atoms with E-state index in [9.17, 15) is 5.11 Å². The van der Waals surface area contributed by atoms with Gasteiger partial charge in [0.15, 0.2) is 0 Å². The van der Waals surface area contributed by atoms with Crippen LogP contribution in [0.15, 0.2) is 24.3 Å². The number of benzene rings is 1.